The lowest BCUT2D eigenvalue weighted by Gasteiger charge is -2.28. The minimum atomic E-state index is -0.712. The Bertz CT molecular complexity index is 497. The molecule has 0 aliphatic heterocycles. The first-order valence-corrected chi connectivity index (χ1v) is 7.42. The summed E-state index contributed by atoms with van der Waals surface area (Å²) in [7, 11) is 1.56. The second-order valence-corrected chi connectivity index (χ2v) is 5.71. The molecule has 0 unspecified atom stereocenters. The predicted octanol–water partition coefficient (Wildman–Crippen LogP) is 2.63. The summed E-state index contributed by atoms with van der Waals surface area (Å²) in [5.41, 5.74) is 0.107. The summed E-state index contributed by atoms with van der Waals surface area (Å²) >= 11 is 0. The highest BCUT2D eigenvalue weighted by molar-refractivity contribution is 5.75. The van der Waals surface area contributed by atoms with Gasteiger partial charge >= 0.3 is 5.97 Å². The molecule has 0 atom stereocenters. The number of anilines is 1. The average molecular weight is 293 g/mol. The van der Waals surface area contributed by atoms with Crippen LogP contribution in [-0.2, 0) is 4.79 Å². The molecule has 21 heavy (non-hydrogen) atoms. The van der Waals surface area contributed by atoms with Crippen molar-refractivity contribution in [2.24, 2.45) is 5.41 Å². The number of aliphatic carboxylic acids is 1. The van der Waals surface area contributed by atoms with Gasteiger partial charge in [0.05, 0.1) is 18.1 Å². The third kappa shape index (κ3) is 3.43. The Morgan fingerprint density at radius 1 is 1.33 bits per heavy atom. The van der Waals surface area contributed by atoms with Crippen LogP contribution in [-0.4, -0.2) is 34.7 Å². The Balaban J connectivity index is 2.14. The molecule has 0 radical (unpaired) electrons. The van der Waals surface area contributed by atoms with Crippen LogP contribution in [0.5, 0.6) is 5.88 Å². The van der Waals surface area contributed by atoms with E-state index < -0.39 is 11.4 Å². The van der Waals surface area contributed by atoms with E-state index in [1.54, 1.807) is 7.11 Å². The Kier molecular flexibility index (Phi) is 4.98. The van der Waals surface area contributed by atoms with Crippen LogP contribution in [0.3, 0.4) is 0 Å². The lowest BCUT2D eigenvalue weighted by Crippen LogP contribution is -2.37. The van der Waals surface area contributed by atoms with Crippen LogP contribution in [0.1, 0.15) is 44.1 Å². The molecule has 1 aromatic rings. The third-order valence-electron chi connectivity index (χ3n) is 4.34. The third-order valence-corrected chi connectivity index (χ3v) is 4.34. The van der Waals surface area contributed by atoms with Gasteiger partial charge in [-0.3, -0.25) is 4.79 Å². The molecule has 1 aromatic heterocycles. The van der Waals surface area contributed by atoms with Crippen molar-refractivity contribution >= 4 is 11.8 Å². The smallest absolute Gasteiger partial charge is 0.311 e. The lowest BCUT2D eigenvalue weighted by atomic mass is 9.80. The summed E-state index contributed by atoms with van der Waals surface area (Å²) in [6.45, 7) is 2.26. The fourth-order valence-corrected chi connectivity index (χ4v) is 2.94. The van der Waals surface area contributed by atoms with Gasteiger partial charge in [-0.15, -0.1) is 0 Å². The highest BCUT2D eigenvalue weighted by atomic mass is 16.5. The molecular formula is C15H23N3O3. The zero-order valence-corrected chi connectivity index (χ0v) is 12.7. The zero-order chi connectivity index (χ0) is 15.3. The summed E-state index contributed by atoms with van der Waals surface area (Å²) in [6.07, 6.45) is 7.05. The van der Waals surface area contributed by atoms with E-state index in [2.05, 4.69) is 15.3 Å². The molecule has 0 amide bonds. The number of rotatable bonds is 5. The van der Waals surface area contributed by atoms with E-state index in [4.69, 9.17) is 4.74 Å². The van der Waals surface area contributed by atoms with Crippen LogP contribution in [0.4, 0.5) is 5.82 Å². The maximum atomic E-state index is 11.8. The van der Waals surface area contributed by atoms with Crippen LogP contribution in [0.2, 0.25) is 0 Å². The number of methoxy groups -OCH3 is 1. The maximum Gasteiger partial charge on any atom is 0.311 e. The molecule has 0 saturated heterocycles. The van der Waals surface area contributed by atoms with Crippen molar-refractivity contribution < 1.29 is 14.6 Å². The monoisotopic (exact) mass is 293 g/mol. The highest BCUT2D eigenvalue weighted by Crippen LogP contribution is 2.36. The summed E-state index contributed by atoms with van der Waals surface area (Å²) in [4.78, 5) is 20.0. The summed E-state index contributed by atoms with van der Waals surface area (Å²) < 4.78 is 5.16. The molecule has 0 bridgehead atoms. The van der Waals surface area contributed by atoms with Crippen molar-refractivity contribution in [3.8, 4) is 5.88 Å². The molecule has 2 rings (SSSR count). The zero-order valence-electron chi connectivity index (χ0n) is 12.7. The van der Waals surface area contributed by atoms with Crippen LogP contribution >= 0.6 is 0 Å². The van der Waals surface area contributed by atoms with Gasteiger partial charge in [-0.05, 0) is 19.8 Å². The summed E-state index contributed by atoms with van der Waals surface area (Å²) in [5, 5.41) is 12.9. The Hall–Kier alpha value is -1.85. The van der Waals surface area contributed by atoms with Crippen LogP contribution in [0.15, 0.2) is 6.33 Å². The molecule has 0 spiro atoms. The minimum absolute atomic E-state index is 0.392. The van der Waals surface area contributed by atoms with Gasteiger partial charge in [-0.2, -0.15) is 0 Å². The first-order valence-electron chi connectivity index (χ1n) is 7.42. The molecule has 6 heteroatoms. The fourth-order valence-electron chi connectivity index (χ4n) is 2.94. The first kappa shape index (κ1) is 15.5. The molecule has 116 valence electrons. The molecule has 1 heterocycles. The van der Waals surface area contributed by atoms with Crippen molar-refractivity contribution in [2.75, 3.05) is 19.0 Å². The van der Waals surface area contributed by atoms with Gasteiger partial charge in [-0.25, -0.2) is 9.97 Å². The van der Waals surface area contributed by atoms with E-state index in [9.17, 15) is 9.90 Å². The fraction of sp³-hybridized carbons (Fsp3) is 0.667. The van der Waals surface area contributed by atoms with E-state index in [1.807, 2.05) is 6.92 Å². The van der Waals surface area contributed by atoms with E-state index in [1.165, 1.54) is 6.33 Å². The van der Waals surface area contributed by atoms with Gasteiger partial charge in [-0.1, -0.05) is 25.7 Å². The number of carboxylic acids is 1. The number of aromatic nitrogens is 2. The number of carbonyl (C=O) groups is 1. The van der Waals surface area contributed by atoms with E-state index in [-0.39, 0.29) is 0 Å². The standard InChI is InChI=1S/C15H23N3O3/c1-11-12(17-10-18-13(11)21-2)16-9-15(14(19)20)7-5-3-4-6-8-15/h10H,3-9H2,1-2H3,(H,19,20)(H,16,17,18). The van der Waals surface area contributed by atoms with Crippen LogP contribution < -0.4 is 10.1 Å². The molecule has 1 fully saturated rings. The van der Waals surface area contributed by atoms with Crippen molar-refractivity contribution in [1.82, 2.24) is 9.97 Å². The minimum Gasteiger partial charge on any atom is -0.481 e. The number of carboxylic acid groups (broad SMARTS) is 1. The van der Waals surface area contributed by atoms with Gasteiger partial charge in [0.25, 0.3) is 0 Å². The number of hydrogen-bond acceptors (Lipinski definition) is 5. The molecule has 6 nitrogen and oxygen atoms in total. The van der Waals surface area contributed by atoms with Crippen molar-refractivity contribution in [1.29, 1.82) is 0 Å². The quantitative estimate of drug-likeness (QED) is 0.812. The molecular weight excluding hydrogens is 270 g/mol. The maximum absolute atomic E-state index is 11.8. The molecule has 1 saturated carbocycles. The van der Waals surface area contributed by atoms with Gasteiger partial charge < -0.3 is 15.2 Å². The van der Waals surface area contributed by atoms with E-state index in [0.29, 0.717) is 18.2 Å². The van der Waals surface area contributed by atoms with Crippen LogP contribution in [0.25, 0.3) is 0 Å². The molecule has 1 aliphatic carbocycles. The van der Waals surface area contributed by atoms with E-state index in [0.717, 1.165) is 44.1 Å². The Morgan fingerprint density at radius 3 is 2.57 bits per heavy atom. The molecule has 1 aliphatic rings. The van der Waals surface area contributed by atoms with Crippen LogP contribution in [0, 0.1) is 12.3 Å². The second-order valence-electron chi connectivity index (χ2n) is 5.71. The van der Waals surface area contributed by atoms with Crippen molar-refractivity contribution in [3.05, 3.63) is 11.9 Å². The van der Waals surface area contributed by atoms with Gasteiger partial charge in [0.1, 0.15) is 12.1 Å². The predicted molar refractivity (Wildman–Crippen MR) is 79.6 cm³/mol. The first-order chi connectivity index (χ1) is 10.1. The summed E-state index contributed by atoms with van der Waals surface area (Å²) in [6, 6.07) is 0. The number of nitrogens with zero attached hydrogens (tertiary/aromatic N) is 2. The molecule has 0 aromatic carbocycles. The topological polar surface area (TPSA) is 84.3 Å². The van der Waals surface area contributed by atoms with Crippen molar-refractivity contribution in [2.45, 2.75) is 45.4 Å². The lowest BCUT2D eigenvalue weighted by molar-refractivity contribution is -0.149. The molecule has 2 N–H and O–H groups in total. The number of hydrogen-bond donors (Lipinski definition) is 2. The number of nitrogens with one attached hydrogen (secondary N) is 1. The second kappa shape index (κ2) is 6.74. The summed E-state index contributed by atoms with van der Waals surface area (Å²) in [5.74, 6) is 0.444. The van der Waals surface area contributed by atoms with Gasteiger partial charge in [0, 0.05) is 6.54 Å². The average Bonchev–Trinajstić information content (AvgIpc) is 2.73. The van der Waals surface area contributed by atoms with Gasteiger partial charge in [0.15, 0.2) is 0 Å². The van der Waals surface area contributed by atoms with E-state index >= 15 is 0 Å². The number of ether oxygens (including phenoxy) is 1. The Morgan fingerprint density at radius 2 is 2.00 bits per heavy atom. The highest BCUT2D eigenvalue weighted by Gasteiger charge is 2.38. The SMILES string of the molecule is COc1ncnc(NCC2(C(=O)O)CCCCCC2)c1C. The van der Waals surface area contributed by atoms with Gasteiger partial charge in [0.2, 0.25) is 5.88 Å². The Labute approximate surface area is 124 Å². The van der Waals surface area contributed by atoms with Crippen molar-refractivity contribution in [3.63, 3.8) is 0 Å². The largest absolute Gasteiger partial charge is 0.481 e. The normalized spacial score (nSPS) is 17.8.